The van der Waals surface area contributed by atoms with E-state index in [0.29, 0.717) is 21.2 Å². The van der Waals surface area contributed by atoms with Crippen molar-refractivity contribution < 1.29 is 14.7 Å². The van der Waals surface area contributed by atoms with Crippen LogP contribution in [0.1, 0.15) is 20.7 Å². The van der Waals surface area contributed by atoms with Crippen molar-refractivity contribution >= 4 is 72.1 Å². The number of fused-ring (bicyclic) bond motifs is 1. The van der Waals surface area contributed by atoms with Gasteiger partial charge in [0.05, 0.1) is 21.2 Å². The molecule has 0 fully saturated rings. The summed E-state index contributed by atoms with van der Waals surface area (Å²) in [6.45, 7) is 0. The number of carbonyl (C=O) groups excluding carboxylic acids is 1. The summed E-state index contributed by atoms with van der Waals surface area (Å²) in [5, 5.41) is 16.7. The predicted molar refractivity (Wildman–Crippen MR) is 107 cm³/mol. The molecule has 9 heteroatoms. The van der Waals surface area contributed by atoms with Crippen LogP contribution in [0.2, 0.25) is 5.02 Å². The van der Waals surface area contributed by atoms with Crippen LogP contribution in [0.3, 0.4) is 0 Å². The molecule has 0 aliphatic rings. The number of carboxylic acid groups (broad SMARTS) is 1. The maximum atomic E-state index is 12.6. The molecular formula is C17H9ClN2O3S3. The lowest BCUT2D eigenvalue weighted by Gasteiger charge is -2.05. The minimum absolute atomic E-state index is 0.0708. The Morgan fingerprint density at radius 1 is 1.12 bits per heavy atom. The van der Waals surface area contributed by atoms with Crippen molar-refractivity contribution in [1.29, 1.82) is 0 Å². The third-order valence-electron chi connectivity index (χ3n) is 3.72. The van der Waals surface area contributed by atoms with E-state index in [1.54, 1.807) is 41.2 Å². The van der Waals surface area contributed by atoms with Crippen LogP contribution < -0.4 is 5.32 Å². The highest BCUT2D eigenvalue weighted by molar-refractivity contribution is 7.24. The Bertz CT molecular complexity index is 1130. The number of aromatic carboxylic acids is 1. The molecule has 5 nitrogen and oxygen atoms in total. The van der Waals surface area contributed by atoms with Gasteiger partial charge in [-0.1, -0.05) is 23.7 Å². The second-order valence-corrected chi connectivity index (χ2v) is 8.32. The molecular weight excluding hydrogens is 412 g/mol. The molecule has 2 N–H and O–H groups in total. The summed E-state index contributed by atoms with van der Waals surface area (Å²) in [4.78, 5) is 24.4. The molecule has 0 saturated heterocycles. The Labute approximate surface area is 164 Å². The SMILES string of the molecule is O=C(O)c1c(-c2ccc(Cl)cc2)csc1NC(=O)c1csc2cnsc12. The molecule has 0 spiro atoms. The van der Waals surface area contributed by atoms with Crippen LogP contribution in [0.5, 0.6) is 0 Å². The van der Waals surface area contributed by atoms with Crippen LogP contribution in [0.15, 0.2) is 41.2 Å². The number of carbonyl (C=O) groups is 2. The summed E-state index contributed by atoms with van der Waals surface area (Å²) >= 11 is 9.76. The Balaban J connectivity index is 1.71. The van der Waals surface area contributed by atoms with Crippen LogP contribution in [0.25, 0.3) is 20.5 Å². The molecule has 4 aromatic rings. The standard InChI is InChI=1S/C17H9ClN2O3S3/c18-9-3-1-8(2-4-9)10-6-25-16(13(10)17(22)23)20-15(21)11-7-24-12-5-19-26-14(11)12/h1-7H,(H,20,21)(H,22,23). The second kappa shape index (κ2) is 6.81. The third-order valence-corrected chi connectivity index (χ3v) is 6.74. The zero-order valence-corrected chi connectivity index (χ0v) is 16.1. The van der Waals surface area contributed by atoms with Crippen molar-refractivity contribution in [1.82, 2.24) is 4.37 Å². The Hall–Kier alpha value is -2.26. The number of aromatic nitrogens is 1. The number of rotatable bonds is 4. The number of anilines is 1. The number of benzene rings is 1. The van der Waals surface area contributed by atoms with Gasteiger partial charge in [0, 0.05) is 21.3 Å². The first-order valence-electron chi connectivity index (χ1n) is 7.28. The molecule has 0 saturated carbocycles. The molecule has 4 rings (SSSR count). The predicted octanol–water partition coefficient (Wildman–Crippen LogP) is 5.69. The highest BCUT2D eigenvalue weighted by Crippen LogP contribution is 2.37. The number of hydrogen-bond donors (Lipinski definition) is 2. The monoisotopic (exact) mass is 420 g/mol. The maximum absolute atomic E-state index is 12.6. The minimum Gasteiger partial charge on any atom is -0.478 e. The minimum atomic E-state index is -1.10. The smallest absolute Gasteiger partial charge is 0.339 e. The Kier molecular flexibility index (Phi) is 4.49. The molecule has 130 valence electrons. The molecule has 0 atom stereocenters. The van der Waals surface area contributed by atoms with Gasteiger partial charge in [-0.2, -0.15) is 4.37 Å². The Morgan fingerprint density at radius 2 is 1.88 bits per heavy atom. The highest BCUT2D eigenvalue weighted by Gasteiger charge is 2.23. The van der Waals surface area contributed by atoms with Gasteiger partial charge in [0.2, 0.25) is 0 Å². The number of nitrogens with one attached hydrogen (secondary N) is 1. The summed E-state index contributed by atoms with van der Waals surface area (Å²) < 4.78 is 5.82. The van der Waals surface area contributed by atoms with Gasteiger partial charge in [0.1, 0.15) is 10.6 Å². The van der Waals surface area contributed by atoms with Crippen molar-refractivity contribution in [3.8, 4) is 11.1 Å². The first-order chi connectivity index (χ1) is 12.5. The lowest BCUT2D eigenvalue weighted by molar-refractivity contribution is 0.0699. The van der Waals surface area contributed by atoms with E-state index < -0.39 is 5.97 Å². The molecule has 26 heavy (non-hydrogen) atoms. The third kappa shape index (κ3) is 3.01. The summed E-state index contributed by atoms with van der Waals surface area (Å²) in [5.41, 5.74) is 1.85. The van der Waals surface area contributed by atoms with Crippen LogP contribution in [0, 0.1) is 0 Å². The van der Waals surface area contributed by atoms with Crippen molar-refractivity contribution in [2.75, 3.05) is 5.32 Å². The summed E-state index contributed by atoms with van der Waals surface area (Å²) in [5.74, 6) is -1.44. The average molecular weight is 421 g/mol. The molecule has 0 radical (unpaired) electrons. The van der Waals surface area contributed by atoms with Gasteiger partial charge < -0.3 is 10.4 Å². The van der Waals surface area contributed by atoms with E-state index in [4.69, 9.17) is 11.6 Å². The molecule has 0 aliphatic carbocycles. The van der Waals surface area contributed by atoms with Gasteiger partial charge in [0.15, 0.2) is 0 Å². The molecule has 1 aromatic carbocycles. The van der Waals surface area contributed by atoms with E-state index in [9.17, 15) is 14.7 Å². The van der Waals surface area contributed by atoms with Crippen molar-refractivity contribution in [2.24, 2.45) is 0 Å². The average Bonchev–Trinajstić information content (AvgIpc) is 3.30. The van der Waals surface area contributed by atoms with Crippen LogP contribution in [0.4, 0.5) is 5.00 Å². The van der Waals surface area contributed by atoms with Gasteiger partial charge in [-0.05, 0) is 29.2 Å². The fourth-order valence-corrected chi connectivity index (χ4v) is 5.44. The quantitative estimate of drug-likeness (QED) is 0.444. The number of amides is 1. The fraction of sp³-hybridized carbons (Fsp3) is 0. The van der Waals surface area contributed by atoms with Gasteiger partial charge in [-0.15, -0.1) is 22.7 Å². The Morgan fingerprint density at radius 3 is 2.62 bits per heavy atom. The number of carboxylic acids is 1. The van der Waals surface area contributed by atoms with Gasteiger partial charge in [-0.3, -0.25) is 4.79 Å². The zero-order valence-electron chi connectivity index (χ0n) is 12.9. The van der Waals surface area contributed by atoms with E-state index in [-0.39, 0.29) is 11.5 Å². The molecule has 1 amide bonds. The van der Waals surface area contributed by atoms with Crippen LogP contribution >= 0.6 is 45.8 Å². The zero-order chi connectivity index (χ0) is 18.3. The topological polar surface area (TPSA) is 79.3 Å². The first-order valence-corrected chi connectivity index (χ1v) is 10.2. The van der Waals surface area contributed by atoms with E-state index in [1.165, 1.54) is 34.2 Å². The van der Waals surface area contributed by atoms with E-state index in [1.807, 2.05) is 0 Å². The normalized spacial score (nSPS) is 11.0. The van der Waals surface area contributed by atoms with Crippen LogP contribution in [-0.2, 0) is 0 Å². The highest BCUT2D eigenvalue weighted by atomic mass is 35.5. The van der Waals surface area contributed by atoms with Gasteiger partial charge in [-0.25, -0.2) is 4.79 Å². The number of thiophene rings is 2. The number of hydrogen-bond acceptors (Lipinski definition) is 6. The lowest BCUT2D eigenvalue weighted by atomic mass is 10.0. The molecule has 0 aliphatic heterocycles. The number of nitrogens with zero attached hydrogens (tertiary/aromatic N) is 1. The van der Waals surface area contributed by atoms with Crippen molar-refractivity contribution in [3.63, 3.8) is 0 Å². The molecule has 3 aromatic heterocycles. The van der Waals surface area contributed by atoms with Gasteiger partial charge in [0.25, 0.3) is 5.91 Å². The summed E-state index contributed by atoms with van der Waals surface area (Å²) in [6.07, 6.45) is 1.72. The van der Waals surface area contributed by atoms with E-state index in [2.05, 4.69) is 9.69 Å². The van der Waals surface area contributed by atoms with Crippen molar-refractivity contribution in [2.45, 2.75) is 0 Å². The largest absolute Gasteiger partial charge is 0.478 e. The summed E-state index contributed by atoms with van der Waals surface area (Å²) in [7, 11) is 0. The molecule has 0 bridgehead atoms. The van der Waals surface area contributed by atoms with E-state index in [0.717, 1.165) is 15.0 Å². The first kappa shape index (κ1) is 17.2. The molecule has 3 heterocycles. The molecule has 0 unspecified atom stereocenters. The lowest BCUT2D eigenvalue weighted by Crippen LogP contribution is -2.12. The summed E-state index contributed by atoms with van der Waals surface area (Å²) in [6, 6.07) is 6.90. The number of halogens is 1. The van der Waals surface area contributed by atoms with E-state index >= 15 is 0 Å². The second-order valence-electron chi connectivity index (χ2n) is 5.29. The van der Waals surface area contributed by atoms with Gasteiger partial charge >= 0.3 is 5.97 Å². The van der Waals surface area contributed by atoms with Crippen LogP contribution in [-0.4, -0.2) is 21.4 Å². The van der Waals surface area contributed by atoms with Crippen molar-refractivity contribution in [3.05, 3.63) is 57.4 Å². The maximum Gasteiger partial charge on any atom is 0.339 e. The fourth-order valence-electron chi connectivity index (χ4n) is 2.50.